The van der Waals surface area contributed by atoms with Crippen LogP contribution in [0.25, 0.3) is 0 Å². The summed E-state index contributed by atoms with van der Waals surface area (Å²) < 4.78 is 11.5. The maximum absolute atomic E-state index is 5.80. The third-order valence-corrected chi connectivity index (χ3v) is 3.53. The molecule has 112 valence electrons. The normalized spacial score (nSPS) is 10.4. The van der Waals surface area contributed by atoms with Crippen LogP contribution in [0.3, 0.4) is 0 Å². The molecule has 21 heavy (non-hydrogen) atoms. The van der Waals surface area contributed by atoms with Gasteiger partial charge in [0.15, 0.2) is 0 Å². The van der Waals surface area contributed by atoms with E-state index in [0.29, 0.717) is 19.8 Å². The molecule has 2 rings (SSSR count). The van der Waals surface area contributed by atoms with Crippen molar-refractivity contribution >= 4 is 0 Å². The van der Waals surface area contributed by atoms with Crippen LogP contribution in [0.5, 0.6) is 11.5 Å². The molecule has 2 aromatic carbocycles. The standard InChI is InChI=1S/C18H23NO2/c1-14-5-3-6-18(15(14)2)21-12-4-11-20-17-9-7-16(13-19)8-10-17/h3,5-10H,4,11-13,19H2,1-2H3. The molecule has 0 heterocycles. The Kier molecular flexibility index (Phi) is 5.64. The van der Waals surface area contributed by atoms with Crippen molar-refractivity contribution in [2.45, 2.75) is 26.8 Å². The van der Waals surface area contributed by atoms with E-state index in [4.69, 9.17) is 15.2 Å². The van der Waals surface area contributed by atoms with Crippen LogP contribution in [0.15, 0.2) is 42.5 Å². The first kappa shape index (κ1) is 15.4. The predicted molar refractivity (Wildman–Crippen MR) is 85.9 cm³/mol. The first-order valence-electron chi connectivity index (χ1n) is 7.31. The minimum Gasteiger partial charge on any atom is -0.493 e. The molecule has 0 radical (unpaired) electrons. The molecule has 3 heteroatoms. The third-order valence-electron chi connectivity index (χ3n) is 3.53. The van der Waals surface area contributed by atoms with E-state index in [0.717, 1.165) is 23.5 Å². The fraction of sp³-hybridized carbons (Fsp3) is 0.333. The van der Waals surface area contributed by atoms with Gasteiger partial charge in [-0.15, -0.1) is 0 Å². The molecule has 0 aromatic heterocycles. The molecule has 2 N–H and O–H groups in total. The van der Waals surface area contributed by atoms with Crippen LogP contribution in [0.1, 0.15) is 23.1 Å². The molecule has 0 aliphatic carbocycles. The van der Waals surface area contributed by atoms with E-state index in [-0.39, 0.29) is 0 Å². The second-order valence-corrected chi connectivity index (χ2v) is 5.10. The molecule has 0 amide bonds. The first-order chi connectivity index (χ1) is 10.2. The van der Waals surface area contributed by atoms with Crippen LogP contribution in [-0.4, -0.2) is 13.2 Å². The highest BCUT2D eigenvalue weighted by Crippen LogP contribution is 2.20. The average Bonchev–Trinajstić information content (AvgIpc) is 2.51. The van der Waals surface area contributed by atoms with Gasteiger partial charge in [-0.3, -0.25) is 0 Å². The Balaban J connectivity index is 1.71. The summed E-state index contributed by atoms with van der Waals surface area (Å²) in [7, 11) is 0. The zero-order valence-electron chi connectivity index (χ0n) is 12.8. The topological polar surface area (TPSA) is 44.5 Å². The van der Waals surface area contributed by atoms with E-state index in [9.17, 15) is 0 Å². The average molecular weight is 285 g/mol. The number of benzene rings is 2. The zero-order chi connectivity index (χ0) is 15.1. The lowest BCUT2D eigenvalue weighted by Gasteiger charge is -2.11. The van der Waals surface area contributed by atoms with E-state index in [1.54, 1.807) is 0 Å². The molecule has 0 saturated carbocycles. The number of ether oxygens (including phenoxy) is 2. The predicted octanol–water partition coefficient (Wildman–Crippen LogP) is 3.61. The maximum Gasteiger partial charge on any atom is 0.122 e. The number of hydrogen-bond donors (Lipinski definition) is 1. The van der Waals surface area contributed by atoms with E-state index in [1.165, 1.54) is 11.1 Å². The van der Waals surface area contributed by atoms with Gasteiger partial charge in [0.1, 0.15) is 11.5 Å². The monoisotopic (exact) mass is 285 g/mol. The van der Waals surface area contributed by atoms with Gasteiger partial charge in [0.25, 0.3) is 0 Å². The minimum atomic E-state index is 0.559. The van der Waals surface area contributed by atoms with Gasteiger partial charge >= 0.3 is 0 Å². The molecule has 0 saturated heterocycles. The summed E-state index contributed by atoms with van der Waals surface area (Å²) in [6, 6.07) is 14.0. The van der Waals surface area contributed by atoms with Crippen molar-refractivity contribution < 1.29 is 9.47 Å². The Hall–Kier alpha value is -2.00. The first-order valence-corrected chi connectivity index (χ1v) is 7.31. The highest BCUT2D eigenvalue weighted by molar-refractivity contribution is 5.38. The lowest BCUT2D eigenvalue weighted by atomic mass is 10.1. The molecule has 0 aliphatic heterocycles. The Morgan fingerprint density at radius 2 is 1.62 bits per heavy atom. The highest BCUT2D eigenvalue weighted by atomic mass is 16.5. The summed E-state index contributed by atoms with van der Waals surface area (Å²) >= 11 is 0. The minimum absolute atomic E-state index is 0.559. The summed E-state index contributed by atoms with van der Waals surface area (Å²) in [5, 5.41) is 0. The van der Waals surface area contributed by atoms with Crippen molar-refractivity contribution in [1.82, 2.24) is 0 Å². The van der Waals surface area contributed by atoms with E-state index in [1.807, 2.05) is 36.4 Å². The number of hydrogen-bond acceptors (Lipinski definition) is 3. The van der Waals surface area contributed by atoms with Gasteiger partial charge in [-0.2, -0.15) is 0 Å². The highest BCUT2D eigenvalue weighted by Gasteiger charge is 2.01. The van der Waals surface area contributed by atoms with Gasteiger partial charge < -0.3 is 15.2 Å². The zero-order valence-corrected chi connectivity index (χ0v) is 12.8. The molecule has 0 aliphatic rings. The fourth-order valence-corrected chi connectivity index (χ4v) is 2.03. The van der Waals surface area contributed by atoms with Crippen molar-refractivity contribution in [2.24, 2.45) is 5.73 Å². The molecule has 3 nitrogen and oxygen atoms in total. The van der Waals surface area contributed by atoms with Gasteiger partial charge in [-0.25, -0.2) is 0 Å². The van der Waals surface area contributed by atoms with Gasteiger partial charge in [0, 0.05) is 13.0 Å². The SMILES string of the molecule is Cc1cccc(OCCCOc2ccc(CN)cc2)c1C. The summed E-state index contributed by atoms with van der Waals surface area (Å²) in [5.74, 6) is 1.83. The Labute approximate surface area is 126 Å². The van der Waals surface area contributed by atoms with Crippen molar-refractivity contribution in [3.63, 3.8) is 0 Å². The van der Waals surface area contributed by atoms with Crippen molar-refractivity contribution in [2.75, 3.05) is 13.2 Å². The van der Waals surface area contributed by atoms with E-state index in [2.05, 4.69) is 19.9 Å². The summed E-state index contributed by atoms with van der Waals surface area (Å²) in [4.78, 5) is 0. The Morgan fingerprint density at radius 3 is 2.33 bits per heavy atom. The van der Waals surface area contributed by atoms with E-state index < -0.39 is 0 Å². The van der Waals surface area contributed by atoms with Gasteiger partial charge in [-0.05, 0) is 48.7 Å². The van der Waals surface area contributed by atoms with E-state index >= 15 is 0 Å². The maximum atomic E-state index is 5.80. The summed E-state index contributed by atoms with van der Waals surface area (Å²) in [5.41, 5.74) is 9.13. The fourth-order valence-electron chi connectivity index (χ4n) is 2.03. The number of rotatable bonds is 7. The summed E-state index contributed by atoms with van der Waals surface area (Å²) in [6.07, 6.45) is 0.853. The molecular formula is C18H23NO2. The molecule has 0 unspecified atom stereocenters. The molecular weight excluding hydrogens is 262 g/mol. The van der Waals surface area contributed by atoms with Crippen molar-refractivity contribution in [1.29, 1.82) is 0 Å². The third kappa shape index (κ3) is 4.50. The second-order valence-electron chi connectivity index (χ2n) is 5.10. The lowest BCUT2D eigenvalue weighted by Crippen LogP contribution is -2.06. The second kappa shape index (κ2) is 7.70. The van der Waals surface area contributed by atoms with Crippen LogP contribution >= 0.6 is 0 Å². The van der Waals surface area contributed by atoms with Crippen LogP contribution in [0, 0.1) is 13.8 Å². The van der Waals surface area contributed by atoms with Crippen LogP contribution in [-0.2, 0) is 6.54 Å². The molecule has 0 bridgehead atoms. The molecule has 0 spiro atoms. The lowest BCUT2D eigenvalue weighted by molar-refractivity contribution is 0.246. The Bertz CT molecular complexity index is 564. The Morgan fingerprint density at radius 1 is 0.905 bits per heavy atom. The van der Waals surface area contributed by atoms with Crippen LogP contribution in [0.2, 0.25) is 0 Å². The number of aryl methyl sites for hydroxylation is 1. The van der Waals surface area contributed by atoms with Gasteiger partial charge in [0.05, 0.1) is 13.2 Å². The van der Waals surface area contributed by atoms with Crippen molar-refractivity contribution in [3.05, 3.63) is 59.2 Å². The summed E-state index contributed by atoms with van der Waals surface area (Å²) in [6.45, 7) is 6.04. The van der Waals surface area contributed by atoms with Crippen LogP contribution < -0.4 is 15.2 Å². The molecule has 0 atom stereocenters. The van der Waals surface area contributed by atoms with Crippen molar-refractivity contribution in [3.8, 4) is 11.5 Å². The largest absolute Gasteiger partial charge is 0.493 e. The smallest absolute Gasteiger partial charge is 0.122 e. The molecule has 2 aromatic rings. The molecule has 0 fully saturated rings. The van der Waals surface area contributed by atoms with Crippen LogP contribution in [0.4, 0.5) is 0 Å². The van der Waals surface area contributed by atoms with Gasteiger partial charge in [0.2, 0.25) is 0 Å². The number of nitrogens with two attached hydrogens (primary N) is 1. The van der Waals surface area contributed by atoms with Gasteiger partial charge in [-0.1, -0.05) is 24.3 Å². The quantitative estimate of drug-likeness (QED) is 0.790.